The average molecular weight is 368 g/mol. The maximum Gasteiger partial charge on any atom is 0.237 e. The largest absolute Gasteiger partial charge is 0.325 e. The van der Waals surface area contributed by atoms with E-state index in [1.807, 2.05) is 24.3 Å². The standard InChI is InChI=1S/C20H20N2O3S/c1-13(23)15-6-4-7-16(11-15)21-19(24)12-26-18-10-9-14-5-2-3-8-17(14)22-20(18)25/h2-8,11,18H,9-10,12H2,1H3,(H,21,24)(H,22,25)/t18-/m0/s1. The highest BCUT2D eigenvalue weighted by atomic mass is 32.2. The van der Waals surface area contributed by atoms with E-state index >= 15 is 0 Å². The van der Waals surface area contributed by atoms with E-state index in [1.54, 1.807) is 24.3 Å². The van der Waals surface area contributed by atoms with Gasteiger partial charge in [-0.3, -0.25) is 14.4 Å². The molecule has 0 unspecified atom stereocenters. The van der Waals surface area contributed by atoms with Crippen LogP contribution in [0.1, 0.15) is 29.3 Å². The van der Waals surface area contributed by atoms with Crippen molar-refractivity contribution in [2.45, 2.75) is 25.0 Å². The van der Waals surface area contributed by atoms with Crippen LogP contribution in [0.5, 0.6) is 0 Å². The van der Waals surface area contributed by atoms with Crippen LogP contribution in [-0.2, 0) is 16.0 Å². The van der Waals surface area contributed by atoms with Crippen molar-refractivity contribution >= 4 is 40.7 Å². The summed E-state index contributed by atoms with van der Waals surface area (Å²) >= 11 is 1.34. The highest BCUT2D eigenvalue weighted by Gasteiger charge is 2.24. The van der Waals surface area contributed by atoms with Gasteiger partial charge in [0.2, 0.25) is 11.8 Å². The van der Waals surface area contributed by atoms with Crippen LogP contribution >= 0.6 is 11.8 Å². The number of nitrogens with one attached hydrogen (secondary N) is 2. The summed E-state index contributed by atoms with van der Waals surface area (Å²) < 4.78 is 0. The molecule has 6 heteroatoms. The van der Waals surface area contributed by atoms with Gasteiger partial charge < -0.3 is 10.6 Å². The van der Waals surface area contributed by atoms with Crippen molar-refractivity contribution < 1.29 is 14.4 Å². The monoisotopic (exact) mass is 368 g/mol. The van der Waals surface area contributed by atoms with Gasteiger partial charge in [0.05, 0.1) is 11.0 Å². The smallest absolute Gasteiger partial charge is 0.237 e. The molecule has 1 aliphatic heterocycles. The van der Waals surface area contributed by atoms with Gasteiger partial charge >= 0.3 is 0 Å². The van der Waals surface area contributed by atoms with Gasteiger partial charge in [0, 0.05) is 16.9 Å². The molecule has 0 aliphatic carbocycles. The molecule has 5 nitrogen and oxygen atoms in total. The molecule has 2 aromatic carbocycles. The fourth-order valence-corrected chi connectivity index (χ4v) is 3.76. The third kappa shape index (κ3) is 4.52. The van der Waals surface area contributed by atoms with Crippen LogP contribution in [0, 0.1) is 0 Å². The number of carbonyl (C=O) groups is 3. The molecule has 0 saturated heterocycles. The number of ketones is 1. The SMILES string of the molecule is CC(=O)c1cccc(NC(=O)CS[C@H]2CCc3ccccc3NC2=O)c1. The van der Waals surface area contributed by atoms with Crippen LogP contribution in [0.2, 0.25) is 0 Å². The number of rotatable bonds is 5. The second-order valence-corrected chi connectivity index (χ2v) is 7.36. The van der Waals surface area contributed by atoms with E-state index in [4.69, 9.17) is 0 Å². The Kier molecular flexibility index (Phi) is 5.73. The van der Waals surface area contributed by atoms with Gasteiger partial charge in [-0.05, 0) is 43.5 Å². The first-order chi connectivity index (χ1) is 12.5. The molecule has 0 radical (unpaired) electrons. The summed E-state index contributed by atoms with van der Waals surface area (Å²) in [6, 6.07) is 14.6. The van der Waals surface area contributed by atoms with Gasteiger partial charge in [0.1, 0.15) is 0 Å². The number of amides is 2. The predicted molar refractivity (Wildman–Crippen MR) is 105 cm³/mol. The molecule has 0 spiro atoms. The fourth-order valence-electron chi connectivity index (χ4n) is 2.84. The summed E-state index contributed by atoms with van der Waals surface area (Å²) in [5.74, 6) is -0.125. The average Bonchev–Trinajstić information content (AvgIpc) is 2.78. The Morgan fingerprint density at radius 3 is 2.81 bits per heavy atom. The fraction of sp³-hybridized carbons (Fsp3) is 0.250. The van der Waals surface area contributed by atoms with Crippen molar-refractivity contribution in [1.29, 1.82) is 0 Å². The van der Waals surface area contributed by atoms with E-state index in [0.29, 0.717) is 17.7 Å². The van der Waals surface area contributed by atoms with Crippen molar-refractivity contribution in [3.05, 3.63) is 59.7 Å². The van der Waals surface area contributed by atoms with E-state index in [9.17, 15) is 14.4 Å². The molecule has 1 aliphatic rings. The lowest BCUT2D eigenvalue weighted by atomic mass is 10.1. The molecule has 2 aromatic rings. The van der Waals surface area contributed by atoms with Crippen LogP contribution in [0.3, 0.4) is 0 Å². The third-order valence-corrected chi connectivity index (χ3v) is 5.49. The second-order valence-electron chi connectivity index (χ2n) is 6.17. The normalized spacial score (nSPS) is 16.2. The number of anilines is 2. The second kappa shape index (κ2) is 8.19. The number of benzene rings is 2. The first-order valence-corrected chi connectivity index (χ1v) is 9.49. The summed E-state index contributed by atoms with van der Waals surface area (Å²) in [7, 11) is 0. The Hall–Kier alpha value is -2.60. The molecule has 0 fully saturated rings. The third-order valence-electron chi connectivity index (χ3n) is 4.21. The number of para-hydroxylation sites is 1. The van der Waals surface area contributed by atoms with Crippen LogP contribution < -0.4 is 10.6 Å². The maximum atomic E-state index is 12.4. The molecule has 0 saturated carbocycles. The summed E-state index contributed by atoms with van der Waals surface area (Å²) in [4.78, 5) is 36.0. The number of thioether (sulfide) groups is 1. The van der Waals surface area contributed by atoms with Crippen LogP contribution in [0.4, 0.5) is 11.4 Å². The van der Waals surface area contributed by atoms with Gasteiger partial charge in [-0.25, -0.2) is 0 Å². The van der Waals surface area contributed by atoms with E-state index in [1.165, 1.54) is 18.7 Å². The number of hydrogen-bond acceptors (Lipinski definition) is 4. The molecule has 26 heavy (non-hydrogen) atoms. The number of carbonyl (C=O) groups excluding carboxylic acids is 3. The summed E-state index contributed by atoms with van der Waals surface area (Å²) in [6.45, 7) is 1.49. The van der Waals surface area contributed by atoms with Crippen molar-refractivity contribution in [3.8, 4) is 0 Å². The van der Waals surface area contributed by atoms with E-state index in [-0.39, 0.29) is 28.6 Å². The lowest BCUT2D eigenvalue weighted by molar-refractivity contribution is -0.115. The lowest BCUT2D eigenvalue weighted by Crippen LogP contribution is -2.26. The molecular formula is C20H20N2O3S. The van der Waals surface area contributed by atoms with Crippen molar-refractivity contribution in [2.24, 2.45) is 0 Å². The molecule has 2 N–H and O–H groups in total. The molecule has 0 bridgehead atoms. The van der Waals surface area contributed by atoms with Gasteiger partial charge in [-0.15, -0.1) is 11.8 Å². The Morgan fingerprint density at radius 1 is 1.19 bits per heavy atom. The maximum absolute atomic E-state index is 12.4. The zero-order valence-electron chi connectivity index (χ0n) is 14.5. The van der Waals surface area contributed by atoms with E-state index < -0.39 is 0 Å². The predicted octanol–water partition coefficient (Wildman–Crippen LogP) is 3.51. The molecule has 3 rings (SSSR count). The minimum absolute atomic E-state index is 0.0508. The molecule has 1 atom stereocenters. The number of aryl methyl sites for hydroxylation is 1. The van der Waals surface area contributed by atoms with Crippen molar-refractivity contribution in [1.82, 2.24) is 0 Å². The lowest BCUT2D eigenvalue weighted by Gasteiger charge is -2.13. The van der Waals surface area contributed by atoms with Gasteiger partial charge in [-0.2, -0.15) is 0 Å². The molecule has 0 aromatic heterocycles. The highest BCUT2D eigenvalue weighted by Crippen LogP contribution is 2.27. The zero-order valence-corrected chi connectivity index (χ0v) is 15.3. The number of Topliss-reactive ketones (excluding diaryl/α,β-unsaturated/α-hetero) is 1. The molecule has 2 amide bonds. The minimum Gasteiger partial charge on any atom is -0.325 e. The van der Waals surface area contributed by atoms with Crippen LogP contribution in [-0.4, -0.2) is 28.6 Å². The Morgan fingerprint density at radius 2 is 2.00 bits per heavy atom. The van der Waals surface area contributed by atoms with Crippen LogP contribution in [0.25, 0.3) is 0 Å². The minimum atomic E-state index is -0.267. The first-order valence-electron chi connectivity index (χ1n) is 8.44. The molecule has 134 valence electrons. The molecular weight excluding hydrogens is 348 g/mol. The Balaban J connectivity index is 1.55. The van der Waals surface area contributed by atoms with E-state index in [2.05, 4.69) is 10.6 Å². The quantitative estimate of drug-likeness (QED) is 0.792. The summed E-state index contributed by atoms with van der Waals surface area (Å²) in [5, 5.41) is 5.45. The molecule has 1 heterocycles. The summed E-state index contributed by atoms with van der Waals surface area (Å²) in [6.07, 6.45) is 1.50. The summed E-state index contributed by atoms with van der Waals surface area (Å²) in [5.41, 5.74) is 3.11. The Labute approximate surface area is 156 Å². The number of fused-ring (bicyclic) bond motifs is 1. The first kappa shape index (κ1) is 18.2. The highest BCUT2D eigenvalue weighted by molar-refractivity contribution is 8.01. The van der Waals surface area contributed by atoms with Gasteiger partial charge in [0.25, 0.3) is 0 Å². The zero-order chi connectivity index (χ0) is 18.5. The van der Waals surface area contributed by atoms with Crippen molar-refractivity contribution in [3.63, 3.8) is 0 Å². The van der Waals surface area contributed by atoms with Gasteiger partial charge in [0.15, 0.2) is 5.78 Å². The van der Waals surface area contributed by atoms with E-state index in [0.717, 1.165) is 17.7 Å². The van der Waals surface area contributed by atoms with Crippen molar-refractivity contribution in [2.75, 3.05) is 16.4 Å². The van der Waals surface area contributed by atoms with Crippen LogP contribution in [0.15, 0.2) is 48.5 Å². The van der Waals surface area contributed by atoms with Gasteiger partial charge in [-0.1, -0.05) is 30.3 Å². The number of hydrogen-bond donors (Lipinski definition) is 2. The topological polar surface area (TPSA) is 75.3 Å². The Bertz CT molecular complexity index is 850.